The second-order valence-electron chi connectivity index (χ2n) is 5.90. The highest BCUT2D eigenvalue weighted by Crippen LogP contribution is 2.38. The molecule has 1 saturated heterocycles. The van der Waals surface area contributed by atoms with E-state index in [1.54, 1.807) is 36.2 Å². The van der Waals surface area contributed by atoms with E-state index >= 15 is 0 Å². The zero-order chi connectivity index (χ0) is 19.1. The van der Waals surface area contributed by atoms with E-state index in [-0.39, 0.29) is 18.4 Å². The second-order valence-corrected chi connectivity index (χ2v) is 5.90. The normalized spacial score (nSPS) is 14.5. The van der Waals surface area contributed by atoms with Gasteiger partial charge in [-0.1, -0.05) is 0 Å². The lowest BCUT2D eigenvalue weighted by molar-refractivity contribution is -0.130. The Labute approximate surface area is 153 Å². The molecule has 1 aromatic carbocycles. The number of methoxy groups -OCH3 is 4. The van der Waals surface area contributed by atoms with Gasteiger partial charge in [-0.3, -0.25) is 4.79 Å². The predicted molar refractivity (Wildman–Crippen MR) is 95.0 cm³/mol. The molecular weight excluding hydrogens is 340 g/mol. The second kappa shape index (κ2) is 9.17. The third-order valence-corrected chi connectivity index (χ3v) is 4.36. The first-order valence-electron chi connectivity index (χ1n) is 8.43. The number of amides is 2. The van der Waals surface area contributed by atoms with E-state index in [9.17, 15) is 9.59 Å². The van der Waals surface area contributed by atoms with Gasteiger partial charge in [-0.15, -0.1) is 0 Å². The molecule has 2 amide bonds. The third kappa shape index (κ3) is 4.50. The molecule has 0 bridgehead atoms. The molecule has 0 N–H and O–H groups in total. The summed E-state index contributed by atoms with van der Waals surface area (Å²) >= 11 is 0. The molecule has 1 aliphatic heterocycles. The standard InChI is InChI=1S/C18H26N2O6/c1-23-14-10-13(11-15(24-2)17(14)25-3)12-16(21)19-6-5-7-20(9-8-19)18(22)26-4/h10-11H,5-9,12H2,1-4H3. The number of rotatable bonds is 5. The van der Waals surface area contributed by atoms with Crippen LogP contribution in [0.25, 0.3) is 0 Å². The quantitative estimate of drug-likeness (QED) is 0.787. The summed E-state index contributed by atoms with van der Waals surface area (Å²) in [6, 6.07) is 3.55. The van der Waals surface area contributed by atoms with Crippen molar-refractivity contribution in [2.75, 3.05) is 54.6 Å². The van der Waals surface area contributed by atoms with E-state index in [0.717, 1.165) is 12.0 Å². The molecule has 1 fully saturated rings. The average molecular weight is 366 g/mol. The lowest BCUT2D eigenvalue weighted by Crippen LogP contribution is -2.37. The van der Waals surface area contributed by atoms with Crippen LogP contribution in [0, 0.1) is 0 Å². The lowest BCUT2D eigenvalue weighted by Gasteiger charge is -2.22. The van der Waals surface area contributed by atoms with Crippen LogP contribution in [0.4, 0.5) is 4.79 Å². The fourth-order valence-corrected chi connectivity index (χ4v) is 3.00. The highest BCUT2D eigenvalue weighted by Gasteiger charge is 2.23. The summed E-state index contributed by atoms with van der Waals surface area (Å²) in [7, 11) is 5.98. The Morgan fingerprint density at radius 1 is 0.885 bits per heavy atom. The first-order chi connectivity index (χ1) is 12.5. The summed E-state index contributed by atoms with van der Waals surface area (Å²) in [5.74, 6) is 1.52. The van der Waals surface area contributed by atoms with Crippen molar-refractivity contribution in [2.24, 2.45) is 0 Å². The largest absolute Gasteiger partial charge is 0.493 e. The lowest BCUT2D eigenvalue weighted by atomic mass is 10.1. The van der Waals surface area contributed by atoms with Crippen LogP contribution in [0.15, 0.2) is 12.1 Å². The van der Waals surface area contributed by atoms with Gasteiger partial charge in [-0.05, 0) is 24.1 Å². The van der Waals surface area contributed by atoms with Gasteiger partial charge in [0.05, 0.1) is 34.9 Å². The van der Waals surface area contributed by atoms with Crippen LogP contribution in [0.1, 0.15) is 12.0 Å². The molecule has 1 heterocycles. The van der Waals surface area contributed by atoms with Crippen molar-refractivity contribution in [1.82, 2.24) is 9.80 Å². The first kappa shape index (κ1) is 19.7. The molecule has 0 aromatic heterocycles. The zero-order valence-electron chi connectivity index (χ0n) is 15.7. The van der Waals surface area contributed by atoms with Crippen LogP contribution in [-0.2, 0) is 16.0 Å². The molecule has 144 valence electrons. The Kier molecular flexibility index (Phi) is 6.94. The van der Waals surface area contributed by atoms with Crippen molar-refractivity contribution >= 4 is 12.0 Å². The van der Waals surface area contributed by atoms with Gasteiger partial charge in [0.2, 0.25) is 11.7 Å². The van der Waals surface area contributed by atoms with Crippen LogP contribution in [0.5, 0.6) is 17.2 Å². The molecule has 26 heavy (non-hydrogen) atoms. The molecule has 8 heteroatoms. The molecule has 2 rings (SSSR count). The topological polar surface area (TPSA) is 77.5 Å². The van der Waals surface area contributed by atoms with Gasteiger partial charge >= 0.3 is 6.09 Å². The highest BCUT2D eigenvalue weighted by atomic mass is 16.5. The molecule has 0 aliphatic carbocycles. The minimum atomic E-state index is -0.357. The molecule has 0 saturated carbocycles. The summed E-state index contributed by atoms with van der Waals surface area (Å²) < 4.78 is 20.7. The molecular formula is C18H26N2O6. The smallest absolute Gasteiger partial charge is 0.409 e. The van der Waals surface area contributed by atoms with Crippen molar-refractivity contribution in [3.8, 4) is 17.2 Å². The van der Waals surface area contributed by atoms with Crippen LogP contribution in [0.3, 0.4) is 0 Å². The van der Waals surface area contributed by atoms with E-state index in [2.05, 4.69) is 0 Å². The monoisotopic (exact) mass is 366 g/mol. The summed E-state index contributed by atoms with van der Waals surface area (Å²) in [5, 5.41) is 0. The third-order valence-electron chi connectivity index (χ3n) is 4.36. The minimum absolute atomic E-state index is 0.00834. The Bertz CT molecular complexity index is 624. The van der Waals surface area contributed by atoms with Crippen LogP contribution < -0.4 is 14.2 Å². The molecule has 0 atom stereocenters. The fourth-order valence-electron chi connectivity index (χ4n) is 3.00. The Morgan fingerprint density at radius 3 is 2.00 bits per heavy atom. The van der Waals surface area contributed by atoms with Crippen molar-refractivity contribution in [2.45, 2.75) is 12.8 Å². The van der Waals surface area contributed by atoms with Gasteiger partial charge < -0.3 is 28.7 Å². The number of carbonyl (C=O) groups is 2. The predicted octanol–water partition coefficient (Wildman–Crippen LogP) is 1.56. The SMILES string of the molecule is COC(=O)N1CCCN(C(=O)Cc2cc(OC)c(OC)c(OC)c2)CC1. The van der Waals surface area contributed by atoms with Crippen molar-refractivity contribution in [3.63, 3.8) is 0 Å². The molecule has 1 aliphatic rings. The summed E-state index contributed by atoms with van der Waals surface area (Å²) in [6.45, 7) is 2.14. The van der Waals surface area contributed by atoms with E-state index in [4.69, 9.17) is 18.9 Å². The summed E-state index contributed by atoms with van der Waals surface area (Å²) in [6.07, 6.45) is 0.578. The molecule has 0 radical (unpaired) electrons. The number of ether oxygens (including phenoxy) is 4. The van der Waals surface area contributed by atoms with E-state index in [1.807, 2.05) is 0 Å². The van der Waals surface area contributed by atoms with Gasteiger partial charge in [-0.2, -0.15) is 0 Å². The van der Waals surface area contributed by atoms with Gasteiger partial charge in [0.15, 0.2) is 11.5 Å². The Balaban J connectivity index is 2.08. The minimum Gasteiger partial charge on any atom is -0.493 e. The maximum absolute atomic E-state index is 12.7. The average Bonchev–Trinajstić information content (AvgIpc) is 2.92. The number of hydrogen-bond donors (Lipinski definition) is 0. The Hall–Kier alpha value is -2.64. The highest BCUT2D eigenvalue weighted by molar-refractivity contribution is 5.79. The van der Waals surface area contributed by atoms with Crippen molar-refractivity contribution in [1.29, 1.82) is 0 Å². The molecule has 8 nitrogen and oxygen atoms in total. The van der Waals surface area contributed by atoms with Crippen LogP contribution >= 0.6 is 0 Å². The van der Waals surface area contributed by atoms with Crippen molar-refractivity contribution in [3.05, 3.63) is 17.7 Å². The number of nitrogens with zero attached hydrogens (tertiary/aromatic N) is 2. The van der Waals surface area contributed by atoms with E-state index < -0.39 is 0 Å². The number of carbonyl (C=O) groups excluding carboxylic acids is 2. The van der Waals surface area contributed by atoms with Gasteiger partial charge in [-0.25, -0.2) is 4.79 Å². The van der Waals surface area contributed by atoms with Crippen LogP contribution in [-0.4, -0.2) is 76.4 Å². The molecule has 0 spiro atoms. The van der Waals surface area contributed by atoms with E-state index in [0.29, 0.717) is 43.4 Å². The maximum Gasteiger partial charge on any atom is 0.409 e. The van der Waals surface area contributed by atoms with E-state index in [1.165, 1.54) is 14.2 Å². The van der Waals surface area contributed by atoms with Gasteiger partial charge in [0.25, 0.3) is 0 Å². The van der Waals surface area contributed by atoms with Crippen molar-refractivity contribution < 1.29 is 28.5 Å². The zero-order valence-corrected chi connectivity index (χ0v) is 15.7. The molecule has 0 unspecified atom stereocenters. The number of hydrogen-bond acceptors (Lipinski definition) is 6. The maximum atomic E-state index is 12.7. The first-order valence-corrected chi connectivity index (χ1v) is 8.43. The summed E-state index contributed by atoms with van der Waals surface area (Å²) in [5.41, 5.74) is 0.776. The number of benzene rings is 1. The van der Waals surface area contributed by atoms with Gasteiger partial charge in [0.1, 0.15) is 0 Å². The molecule has 1 aromatic rings. The Morgan fingerprint density at radius 2 is 1.46 bits per heavy atom. The summed E-state index contributed by atoms with van der Waals surface area (Å²) in [4.78, 5) is 27.7. The van der Waals surface area contributed by atoms with Crippen LogP contribution in [0.2, 0.25) is 0 Å². The fraction of sp³-hybridized carbons (Fsp3) is 0.556. The van der Waals surface area contributed by atoms with Gasteiger partial charge in [0, 0.05) is 26.2 Å².